The first-order valence-corrected chi connectivity index (χ1v) is 10.5. The van der Waals surface area contributed by atoms with Gasteiger partial charge in [-0.1, -0.05) is 43.2 Å². The SMILES string of the molecule is C=CCOCCOc1nc(C#C[Si](C)(C)C)c(N)cc1Cl. The van der Waals surface area contributed by atoms with Crippen molar-refractivity contribution >= 4 is 25.4 Å². The van der Waals surface area contributed by atoms with Gasteiger partial charge in [0.15, 0.2) is 0 Å². The van der Waals surface area contributed by atoms with Gasteiger partial charge in [-0.05, 0) is 6.07 Å². The Bertz CT molecular complexity index is 559. The summed E-state index contributed by atoms with van der Waals surface area (Å²) >= 11 is 6.07. The minimum absolute atomic E-state index is 0.327. The van der Waals surface area contributed by atoms with Crippen LogP contribution in [0.4, 0.5) is 5.69 Å². The standard InChI is InChI=1S/C15H21ClN2O2Si/c1-5-7-19-8-9-20-15-12(16)11-13(17)14(18-15)6-10-21(2,3)4/h5,11H,1,7-9,17H2,2-4H3. The van der Waals surface area contributed by atoms with Crippen molar-refractivity contribution in [3.05, 3.63) is 29.4 Å². The first kappa shape index (κ1) is 17.6. The van der Waals surface area contributed by atoms with Crippen molar-refractivity contribution in [2.45, 2.75) is 19.6 Å². The van der Waals surface area contributed by atoms with E-state index in [1.807, 2.05) is 0 Å². The van der Waals surface area contributed by atoms with E-state index in [-0.39, 0.29) is 0 Å². The largest absolute Gasteiger partial charge is 0.474 e. The number of rotatable bonds is 6. The van der Waals surface area contributed by atoms with Gasteiger partial charge in [-0.2, -0.15) is 0 Å². The summed E-state index contributed by atoms with van der Waals surface area (Å²) in [6, 6.07) is 1.61. The summed E-state index contributed by atoms with van der Waals surface area (Å²) < 4.78 is 10.7. The molecule has 0 radical (unpaired) electrons. The average molecular weight is 325 g/mol. The molecule has 0 bridgehead atoms. The highest BCUT2D eigenvalue weighted by atomic mass is 35.5. The smallest absolute Gasteiger partial charge is 0.234 e. The van der Waals surface area contributed by atoms with E-state index in [1.165, 1.54) is 0 Å². The van der Waals surface area contributed by atoms with Crippen LogP contribution in [0.3, 0.4) is 0 Å². The third kappa shape index (κ3) is 6.67. The van der Waals surface area contributed by atoms with Gasteiger partial charge in [-0.15, -0.1) is 12.1 Å². The van der Waals surface area contributed by atoms with Gasteiger partial charge in [0.25, 0.3) is 0 Å². The van der Waals surface area contributed by atoms with E-state index in [9.17, 15) is 0 Å². The number of nitrogen functional groups attached to an aromatic ring is 1. The number of hydrogen-bond donors (Lipinski definition) is 1. The number of hydrogen-bond acceptors (Lipinski definition) is 4. The zero-order chi connectivity index (χ0) is 15.9. The van der Waals surface area contributed by atoms with Crippen molar-refractivity contribution in [1.82, 2.24) is 4.98 Å². The highest BCUT2D eigenvalue weighted by Gasteiger charge is 2.11. The highest BCUT2D eigenvalue weighted by Crippen LogP contribution is 2.26. The molecule has 1 aromatic rings. The van der Waals surface area contributed by atoms with Gasteiger partial charge in [-0.3, -0.25) is 0 Å². The Labute approximate surface area is 132 Å². The van der Waals surface area contributed by atoms with Crippen LogP contribution in [0.1, 0.15) is 5.69 Å². The molecule has 0 saturated carbocycles. The molecular formula is C15H21ClN2O2Si. The third-order valence-corrected chi connectivity index (χ3v) is 3.38. The molecule has 4 nitrogen and oxygen atoms in total. The van der Waals surface area contributed by atoms with E-state index < -0.39 is 8.07 Å². The lowest BCUT2D eigenvalue weighted by atomic mass is 10.3. The van der Waals surface area contributed by atoms with Crippen LogP contribution in [-0.4, -0.2) is 32.9 Å². The maximum atomic E-state index is 6.07. The van der Waals surface area contributed by atoms with Gasteiger partial charge in [-0.25, -0.2) is 4.98 Å². The monoisotopic (exact) mass is 324 g/mol. The summed E-state index contributed by atoms with van der Waals surface area (Å²) in [6.07, 6.45) is 1.68. The van der Waals surface area contributed by atoms with Crippen LogP contribution in [0, 0.1) is 11.5 Å². The molecule has 0 saturated heterocycles. The Kier molecular flexibility index (Phi) is 6.76. The molecule has 0 amide bonds. The maximum absolute atomic E-state index is 6.07. The van der Waals surface area contributed by atoms with E-state index >= 15 is 0 Å². The predicted octanol–water partition coefficient (Wildman–Crippen LogP) is 3.13. The summed E-state index contributed by atoms with van der Waals surface area (Å²) in [5.74, 6) is 3.35. The minimum atomic E-state index is -1.49. The summed E-state index contributed by atoms with van der Waals surface area (Å²) in [5.41, 5.74) is 10.1. The Morgan fingerprint density at radius 3 is 2.76 bits per heavy atom. The molecule has 1 aromatic heterocycles. The quantitative estimate of drug-likeness (QED) is 0.378. The van der Waals surface area contributed by atoms with Crippen molar-refractivity contribution in [2.75, 3.05) is 25.6 Å². The lowest BCUT2D eigenvalue weighted by Gasteiger charge is -2.09. The molecule has 1 heterocycles. The second kappa shape index (κ2) is 8.08. The van der Waals surface area contributed by atoms with Crippen LogP contribution in [0.25, 0.3) is 0 Å². The molecule has 114 valence electrons. The normalized spacial score (nSPS) is 10.7. The van der Waals surface area contributed by atoms with E-state index in [2.05, 4.69) is 42.7 Å². The Morgan fingerprint density at radius 1 is 1.43 bits per heavy atom. The maximum Gasteiger partial charge on any atom is 0.234 e. The van der Waals surface area contributed by atoms with Gasteiger partial charge >= 0.3 is 0 Å². The lowest BCUT2D eigenvalue weighted by Crippen LogP contribution is -2.16. The Morgan fingerprint density at radius 2 is 2.14 bits per heavy atom. The number of nitrogens with two attached hydrogens (primary N) is 1. The van der Waals surface area contributed by atoms with Crippen LogP contribution in [-0.2, 0) is 4.74 Å². The zero-order valence-electron chi connectivity index (χ0n) is 12.7. The highest BCUT2D eigenvalue weighted by molar-refractivity contribution is 6.83. The number of aromatic nitrogens is 1. The van der Waals surface area contributed by atoms with Crippen molar-refractivity contribution in [3.63, 3.8) is 0 Å². The lowest BCUT2D eigenvalue weighted by molar-refractivity contribution is 0.119. The van der Waals surface area contributed by atoms with Crippen molar-refractivity contribution in [3.8, 4) is 17.3 Å². The molecule has 1 rings (SSSR count). The van der Waals surface area contributed by atoms with Crippen molar-refractivity contribution in [2.24, 2.45) is 0 Å². The second-order valence-corrected chi connectivity index (χ2v) is 10.6. The Hall–Kier alpha value is -1.48. The first-order chi connectivity index (χ1) is 9.83. The summed E-state index contributed by atoms with van der Waals surface area (Å²) in [4.78, 5) is 4.29. The molecule has 0 atom stereocenters. The molecule has 0 spiro atoms. The number of anilines is 1. The van der Waals surface area contributed by atoms with Crippen LogP contribution in [0.15, 0.2) is 18.7 Å². The zero-order valence-corrected chi connectivity index (χ0v) is 14.5. The Balaban J connectivity index is 2.80. The van der Waals surface area contributed by atoms with Gasteiger partial charge in [0, 0.05) is 0 Å². The van der Waals surface area contributed by atoms with E-state index in [0.717, 1.165) is 0 Å². The molecule has 0 aliphatic heterocycles. The van der Waals surface area contributed by atoms with E-state index in [0.29, 0.717) is 42.1 Å². The number of ether oxygens (including phenoxy) is 2. The molecule has 0 fully saturated rings. The second-order valence-electron chi connectivity index (χ2n) is 5.43. The van der Waals surface area contributed by atoms with Crippen molar-refractivity contribution in [1.29, 1.82) is 0 Å². The summed E-state index contributed by atoms with van der Waals surface area (Å²) in [6.45, 7) is 11.3. The summed E-state index contributed by atoms with van der Waals surface area (Å²) in [5, 5.41) is 0.370. The molecular weight excluding hydrogens is 304 g/mol. The van der Waals surface area contributed by atoms with Crippen LogP contribution in [0.2, 0.25) is 24.7 Å². The summed E-state index contributed by atoms with van der Waals surface area (Å²) in [7, 11) is -1.49. The minimum Gasteiger partial charge on any atom is -0.474 e. The molecule has 2 N–H and O–H groups in total. The van der Waals surface area contributed by atoms with Crippen LogP contribution >= 0.6 is 11.6 Å². The van der Waals surface area contributed by atoms with E-state index in [4.69, 9.17) is 26.8 Å². The fourth-order valence-electron chi connectivity index (χ4n) is 1.30. The molecule has 6 heteroatoms. The number of halogens is 1. The fraction of sp³-hybridized carbons (Fsp3) is 0.400. The van der Waals surface area contributed by atoms with Gasteiger partial charge in [0.2, 0.25) is 5.88 Å². The molecule has 0 aliphatic carbocycles. The first-order valence-electron chi connectivity index (χ1n) is 6.64. The topological polar surface area (TPSA) is 57.4 Å². The van der Waals surface area contributed by atoms with Gasteiger partial charge in [0.05, 0.1) is 18.9 Å². The van der Waals surface area contributed by atoms with Crippen LogP contribution < -0.4 is 10.5 Å². The number of nitrogens with zero attached hydrogens (tertiary/aromatic N) is 1. The van der Waals surface area contributed by atoms with Crippen molar-refractivity contribution < 1.29 is 9.47 Å². The molecule has 0 aromatic carbocycles. The molecule has 0 aliphatic rings. The fourth-order valence-corrected chi connectivity index (χ4v) is 2.01. The number of pyridine rings is 1. The average Bonchev–Trinajstić information content (AvgIpc) is 2.38. The van der Waals surface area contributed by atoms with Crippen LogP contribution in [0.5, 0.6) is 5.88 Å². The predicted molar refractivity (Wildman–Crippen MR) is 90.4 cm³/mol. The molecule has 0 unspecified atom stereocenters. The molecule has 21 heavy (non-hydrogen) atoms. The third-order valence-electron chi connectivity index (χ3n) is 2.23. The van der Waals surface area contributed by atoms with E-state index in [1.54, 1.807) is 12.1 Å². The van der Waals surface area contributed by atoms with Gasteiger partial charge < -0.3 is 15.2 Å². The van der Waals surface area contributed by atoms with Gasteiger partial charge in [0.1, 0.15) is 25.4 Å².